The third kappa shape index (κ3) is 3.71. The minimum Gasteiger partial charge on any atom is -0.307 e. The molecule has 0 radical (unpaired) electrons. The van der Waals surface area contributed by atoms with Crippen molar-refractivity contribution in [2.24, 2.45) is 0 Å². The smallest absolute Gasteiger partial charge is 0.307 e. The van der Waals surface area contributed by atoms with Gasteiger partial charge < -0.3 is 5.32 Å². The predicted octanol–water partition coefficient (Wildman–Crippen LogP) is 4.51. The third-order valence-corrected chi connectivity index (χ3v) is 5.35. The fourth-order valence-electron chi connectivity index (χ4n) is 2.61. The average Bonchev–Trinajstić information content (AvgIpc) is 3.20. The molecule has 2 aromatic carbocycles. The molecule has 0 aliphatic heterocycles. The minimum absolute atomic E-state index is 0.329. The molecule has 0 unspecified atom stereocenters. The molecule has 4 aromatic rings. The molecule has 0 atom stereocenters. The van der Waals surface area contributed by atoms with Crippen molar-refractivity contribution in [3.8, 4) is 10.7 Å². The maximum absolute atomic E-state index is 13.1. The number of halogens is 1. The number of nitrogens with zero attached hydrogens (tertiary/aromatic N) is 2. The summed E-state index contributed by atoms with van der Waals surface area (Å²) in [4.78, 5) is 30.9. The molecule has 8 heteroatoms. The summed E-state index contributed by atoms with van der Waals surface area (Å²) < 4.78 is 2.12. The van der Waals surface area contributed by atoms with Gasteiger partial charge in [-0.2, -0.15) is 4.68 Å². The number of para-hydroxylation sites is 1. The van der Waals surface area contributed by atoms with Crippen LogP contribution in [0.3, 0.4) is 0 Å². The Balaban J connectivity index is 1.80. The number of hydrogen-bond acceptors (Lipinski definition) is 4. The topological polar surface area (TPSA) is 76.0 Å². The van der Waals surface area contributed by atoms with Crippen LogP contribution < -0.4 is 16.3 Å². The SMILES string of the molecule is O=C(Nc1ccccc1)Nn1c(-c2cccs2)nc2ccc(I)cc2c1=O. The maximum Gasteiger partial charge on any atom is 0.338 e. The summed E-state index contributed by atoms with van der Waals surface area (Å²) in [5.74, 6) is 0.395. The highest BCUT2D eigenvalue weighted by atomic mass is 127. The number of fused-ring (bicyclic) bond motifs is 1. The fourth-order valence-corrected chi connectivity index (χ4v) is 3.81. The van der Waals surface area contributed by atoms with Gasteiger partial charge in [0.2, 0.25) is 0 Å². The first-order valence-electron chi connectivity index (χ1n) is 8.01. The van der Waals surface area contributed by atoms with Crippen LogP contribution in [-0.2, 0) is 0 Å². The van der Waals surface area contributed by atoms with Gasteiger partial charge in [-0.05, 0) is 64.4 Å². The van der Waals surface area contributed by atoms with E-state index in [0.717, 1.165) is 8.45 Å². The van der Waals surface area contributed by atoms with Gasteiger partial charge in [0.1, 0.15) is 0 Å². The van der Waals surface area contributed by atoms with E-state index < -0.39 is 6.03 Å². The lowest BCUT2D eigenvalue weighted by molar-refractivity contribution is 0.259. The number of rotatable bonds is 3. The number of hydrogen-bond donors (Lipinski definition) is 2. The first kappa shape index (κ1) is 17.7. The molecule has 2 amide bonds. The van der Waals surface area contributed by atoms with Crippen molar-refractivity contribution >= 4 is 56.5 Å². The van der Waals surface area contributed by atoms with E-state index in [1.165, 1.54) is 16.0 Å². The number of carbonyl (C=O) groups excluding carboxylic acids is 1. The molecule has 0 aliphatic rings. The molecule has 0 spiro atoms. The quantitative estimate of drug-likeness (QED) is 0.417. The number of urea groups is 1. The Bertz CT molecular complexity index is 1170. The molecule has 0 fully saturated rings. The van der Waals surface area contributed by atoms with Crippen molar-refractivity contribution in [1.29, 1.82) is 0 Å². The van der Waals surface area contributed by atoms with Gasteiger partial charge in [-0.15, -0.1) is 11.3 Å². The Labute approximate surface area is 172 Å². The van der Waals surface area contributed by atoms with Crippen LogP contribution in [0, 0.1) is 3.57 Å². The summed E-state index contributed by atoms with van der Waals surface area (Å²) in [6, 6.07) is 17.7. The largest absolute Gasteiger partial charge is 0.338 e. The van der Waals surface area contributed by atoms with Crippen LogP contribution in [0.4, 0.5) is 10.5 Å². The van der Waals surface area contributed by atoms with Gasteiger partial charge in [0.15, 0.2) is 5.82 Å². The Kier molecular flexibility index (Phi) is 4.90. The van der Waals surface area contributed by atoms with Crippen LogP contribution in [0.1, 0.15) is 0 Å². The highest BCUT2D eigenvalue weighted by Crippen LogP contribution is 2.23. The van der Waals surface area contributed by atoms with Gasteiger partial charge in [0, 0.05) is 9.26 Å². The third-order valence-electron chi connectivity index (χ3n) is 3.82. The summed E-state index contributed by atoms with van der Waals surface area (Å²) in [5, 5.41) is 5.06. The monoisotopic (exact) mass is 488 g/mol. The van der Waals surface area contributed by atoms with Crippen LogP contribution in [0.2, 0.25) is 0 Å². The van der Waals surface area contributed by atoms with Gasteiger partial charge in [-0.3, -0.25) is 4.79 Å². The van der Waals surface area contributed by atoms with Crippen LogP contribution in [0.5, 0.6) is 0 Å². The van der Waals surface area contributed by atoms with E-state index in [1.54, 1.807) is 18.2 Å². The maximum atomic E-state index is 13.1. The lowest BCUT2D eigenvalue weighted by atomic mass is 10.2. The van der Waals surface area contributed by atoms with Gasteiger partial charge >= 0.3 is 6.03 Å². The van der Waals surface area contributed by atoms with Crippen molar-refractivity contribution in [1.82, 2.24) is 9.66 Å². The number of carbonyl (C=O) groups is 1. The van der Waals surface area contributed by atoms with Gasteiger partial charge in [-0.1, -0.05) is 24.3 Å². The molecular weight excluding hydrogens is 475 g/mol. The minimum atomic E-state index is -0.520. The lowest BCUT2D eigenvalue weighted by Crippen LogP contribution is -2.37. The van der Waals surface area contributed by atoms with E-state index in [-0.39, 0.29) is 5.56 Å². The zero-order valence-electron chi connectivity index (χ0n) is 13.8. The van der Waals surface area contributed by atoms with E-state index in [4.69, 9.17) is 0 Å². The number of nitrogens with one attached hydrogen (secondary N) is 2. The number of amides is 2. The van der Waals surface area contributed by atoms with E-state index in [0.29, 0.717) is 22.4 Å². The standard InChI is InChI=1S/C19H13IN4O2S/c20-12-8-9-15-14(11-12)18(25)24(17(22-15)16-7-4-10-27-16)23-19(26)21-13-5-2-1-3-6-13/h1-11H,(H2,21,23,26). The molecular formula is C19H13IN4O2S. The molecule has 0 bridgehead atoms. The van der Waals surface area contributed by atoms with Gasteiger partial charge in [-0.25, -0.2) is 15.2 Å². The van der Waals surface area contributed by atoms with E-state index in [9.17, 15) is 9.59 Å². The van der Waals surface area contributed by atoms with Crippen LogP contribution in [0.15, 0.2) is 70.8 Å². The van der Waals surface area contributed by atoms with Crippen molar-refractivity contribution in [3.63, 3.8) is 0 Å². The zero-order chi connectivity index (χ0) is 18.8. The second kappa shape index (κ2) is 7.49. The predicted molar refractivity (Wildman–Crippen MR) is 117 cm³/mol. The number of aromatic nitrogens is 2. The Hall–Kier alpha value is -2.72. The van der Waals surface area contributed by atoms with Crippen LogP contribution >= 0.6 is 33.9 Å². The first-order chi connectivity index (χ1) is 13.1. The lowest BCUT2D eigenvalue weighted by Gasteiger charge is -2.14. The van der Waals surface area contributed by atoms with Crippen molar-refractivity contribution in [2.45, 2.75) is 0 Å². The zero-order valence-corrected chi connectivity index (χ0v) is 16.8. The summed E-state index contributed by atoms with van der Waals surface area (Å²) in [6.45, 7) is 0. The second-order valence-corrected chi connectivity index (χ2v) is 7.84. The molecule has 134 valence electrons. The summed E-state index contributed by atoms with van der Waals surface area (Å²) in [6.07, 6.45) is 0. The Morgan fingerprint density at radius 2 is 1.89 bits per heavy atom. The van der Waals surface area contributed by atoms with E-state index >= 15 is 0 Å². The summed E-state index contributed by atoms with van der Waals surface area (Å²) in [7, 11) is 0. The molecule has 0 saturated heterocycles. The van der Waals surface area contributed by atoms with Gasteiger partial charge in [0.25, 0.3) is 5.56 Å². The summed E-state index contributed by atoms with van der Waals surface area (Å²) >= 11 is 3.59. The number of thiophene rings is 1. The second-order valence-electron chi connectivity index (χ2n) is 5.65. The van der Waals surface area contributed by atoms with Gasteiger partial charge in [0.05, 0.1) is 15.8 Å². The van der Waals surface area contributed by atoms with Crippen LogP contribution in [-0.4, -0.2) is 15.7 Å². The molecule has 2 heterocycles. The van der Waals surface area contributed by atoms with E-state index in [2.05, 4.69) is 38.3 Å². The Morgan fingerprint density at radius 3 is 2.63 bits per heavy atom. The number of benzene rings is 2. The Morgan fingerprint density at radius 1 is 1.07 bits per heavy atom. The molecule has 0 aliphatic carbocycles. The normalized spacial score (nSPS) is 10.7. The van der Waals surface area contributed by atoms with Crippen molar-refractivity contribution in [3.05, 3.63) is 80.0 Å². The fraction of sp³-hybridized carbons (Fsp3) is 0. The van der Waals surface area contributed by atoms with Crippen LogP contribution in [0.25, 0.3) is 21.6 Å². The van der Waals surface area contributed by atoms with Crippen molar-refractivity contribution in [2.75, 3.05) is 10.7 Å². The summed E-state index contributed by atoms with van der Waals surface area (Å²) in [5.41, 5.74) is 3.51. The molecule has 4 rings (SSSR count). The molecule has 0 saturated carbocycles. The highest BCUT2D eigenvalue weighted by molar-refractivity contribution is 14.1. The molecule has 6 nitrogen and oxygen atoms in total. The van der Waals surface area contributed by atoms with E-state index in [1.807, 2.05) is 47.8 Å². The highest BCUT2D eigenvalue weighted by Gasteiger charge is 2.16. The van der Waals surface area contributed by atoms with Crippen molar-refractivity contribution < 1.29 is 4.79 Å². The molecule has 2 N–H and O–H groups in total. The first-order valence-corrected chi connectivity index (χ1v) is 9.97. The average molecular weight is 488 g/mol. The molecule has 2 aromatic heterocycles. The number of anilines is 1. The molecule has 27 heavy (non-hydrogen) atoms.